The molecule has 0 saturated carbocycles. The third kappa shape index (κ3) is 3.35. The average Bonchev–Trinajstić information content (AvgIpc) is 2.23. The molecule has 0 atom stereocenters. The molecule has 1 heterocycles. The van der Waals surface area contributed by atoms with Crippen molar-refractivity contribution in [3.05, 3.63) is 33.8 Å². The van der Waals surface area contributed by atoms with Gasteiger partial charge in [-0.1, -0.05) is 35.3 Å². The van der Waals surface area contributed by atoms with E-state index in [2.05, 4.69) is 24.1 Å². The summed E-state index contributed by atoms with van der Waals surface area (Å²) in [7, 11) is 0. The summed E-state index contributed by atoms with van der Waals surface area (Å²) < 4.78 is 0. The zero-order chi connectivity index (χ0) is 12.5. The highest BCUT2D eigenvalue weighted by Crippen LogP contribution is 2.27. The third-order valence-corrected chi connectivity index (χ3v) is 3.93. The number of hydrogen-bond acceptors (Lipinski definition) is 2. The number of hydrogen-bond donors (Lipinski definition) is 1. The number of halogens is 2. The van der Waals surface area contributed by atoms with Gasteiger partial charge in [0.1, 0.15) is 0 Å². The summed E-state index contributed by atoms with van der Waals surface area (Å²) in [4.78, 5) is 2.41. The summed E-state index contributed by atoms with van der Waals surface area (Å²) in [6.07, 6.45) is 0. The van der Waals surface area contributed by atoms with Crippen LogP contribution in [0.4, 0.5) is 0 Å². The minimum Gasteiger partial charge on any atom is -0.309 e. The molecule has 0 aromatic heterocycles. The first-order valence-corrected chi connectivity index (χ1v) is 6.64. The molecule has 0 unspecified atom stereocenters. The van der Waals surface area contributed by atoms with E-state index in [0.29, 0.717) is 10.0 Å². The number of nitrogens with zero attached hydrogens (tertiary/aromatic N) is 1. The lowest BCUT2D eigenvalue weighted by atomic mass is 10.0. The summed E-state index contributed by atoms with van der Waals surface area (Å²) >= 11 is 12.2. The predicted octanol–water partition coefficient (Wildman–Crippen LogP) is 3.18. The van der Waals surface area contributed by atoms with E-state index in [0.717, 1.165) is 31.7 Å². The van der Waals surface area contributed by atoms with Gasteiger partial charge in [-0.3, -0.25) is 4.90 Å². The predicted molar refractivity (Wildman–Crippen MR) is 73.8 cm³/mol. The van der Waals surface area contributed by atoms with Crippen LogP contribution in [0.3, 0.4) is 0 Å². The maximum atomic E-state index is 6.21. The molecule has 1 aliphatic rings. The van der Waals surface area contributed by atoms with Gasteiger partial charge in [-0.2, -0.15) is 0 Å². The van der Waals surface area contributed by atoms with Gasteiger partial charge >= 0.3 is 0 Å². The van der Waals surface area contributed by atoms with Crippen LogP contribution in [0.15, 0.2) is 18.2 Å². The van der Waals surface area contributed by atoms with E-state index in [1.807, 2.05) is 18.2 Å². The zero-order valence-electron chi connectivity index (χ0n) is 10.3. The Labute approximate surface area is 113 Å². The van der Waals surface area contributed by atoms with Gasteiger partial charge in [0, 0.05) is 31.7 Å². The Hall–Kier alpha value is -0.280. The largest absolute Gasteiger partial charge is 0.309 e. The summed E-state index contributed by atoms with van der Waals surface area (Å²) in [5, 5.41) is 4.82. The molecule has 0 spiro atoms. The summed E-state index contributed by atoms with van der Waals surface area (Å²) in [6.45, 7) is 8.40. The Morgan fingerprint density at radius 2 is 2.12 bits per heavy atom. The number of piperazine rings is 1. The van der Waals surface area contributed by atoms with Crippen LogP contribution in [-0.2, 0) is 6.54 Å². The first-order chi connectivity index (χ1) is 7.98. The van der Waals surface area contributed by atoms with Crippen molar-refractivity contribution in [1.82, 2.24) is 10.2 Å². The van der Waals surface area contributed by atoms with E-state index in [1.165, 1.54) is 0 Å². The molecule has 2 rings (SSSR count). The van der Waals surface area contributed by atoms with Crippen LogP contribution in [0.2, 0.25) is 10.0 Å². The van der Waals surface area contributed by atoms with Crippen molar-refractivity contribution in [3.63, 3.8) is 0 Å². The lowest BCUT2D eigenvalue weighted by molar-refractivity contribution is 0.148. The second kappa shape index (κ2) is 5.15. The molecule has 1 N–H and O–H groups in total. The molecule has 17 heavy (non-hydrogen) atoms. The van der Waals surface area contributed by atoms with E-state index in [-0.39, 0.29) is 5.54 Å². The monoisotopic (exact) mass is 272 g/mol. The minimum absolute atomic E-state index is 0.170. The quantitative estimate of drug-likeness (QED) is 0.890. The van der Waals surface area contributed by atoms with E-state index in [1.54, 1.807) is 0 Å². The first kappa shape index (κ1) is 13.2. The molecule has 0 aliphatic carbocycles. The third-order valence-electron chi connectivity index (χ3n) is 3.08. The zero-order valence-corrected chi connectivity index (χ0v) is 11.8. The molecule has 94 valence electrons. The topological polar surface area (TPSA) is 15.3 Å². The van der Waals surface area contributed by atoms with Gasteiger partial charge in [-0.15, -0.1) is 0 Å². The molecule has 1 saturated heterocycles. The maximum Gasteiger partial charge on any atom is 0.0637 e. The van der Waals surface area contributed by atoms with Gasteiger partial charge in [0.25, 0.3) is 0 Å². The Morgan fingerprint density at radius 1 is 1.35 bits per heavy atom. The molecule has 1 aromatic rings. The van der Waals surface area contributed by atoms with Crippen molar-refractivity contribution in [1.29, 1.82) is 0 Å². The first-order valence-electron chi connectivity index (χ1n) is 5.88. The minimum atomic E-state index is 0.170. The van der Waals surface area contributed by atoms with Crippen LogP contribution >= 0.6 is 23.2 Å². The van der Waals surface area contributed by atoms with Gasteiger partial charge in [-0.05, 0) is 25.5 Å². The van der Waals surface area contributed by atoms with Crippen molar-refractivity contribution in [2.45, 2.75) is 25.9 Å². The SMILES string of the molecule is CC1(C)CN(Cc2cccc(Cl)c2Cl)CCN1. The van der Waals surface area contributed by atoms with E-state index in [9.17, 15) is 0 Å². The molecule has 1 aromatic carbocycles. The Bertz CT molecular complexity index is 404. The Kier molecular flexibility index (Phi) is 3.99. The van der Waals surface area contributed by atoms with Gasteiger partial charge < -0.3 is 5.32 Å². The molecule has 1 aliphatic heterocycles. The van der Waals surface area contributed by atoms with Crippen molar-refractivity contribution < 1.29 is 0 Å². The van der Waals surface area contributed by atoms with Crippen LogP contribution in [-0.4, -0.2) is 30.1 Å². The van der Waals surface area contributed by atoms with E-state index < -0.39 is 0 Å². The fourth-order valence-electron chi connectivity index (χ4n) is 2.29. The molecular formula is C13H18Cl2N2. The highest BCUT2D eigenvalue weighted by molar-refractivity contribution is 6.42. The van der Waals surface area contributed by atoms with E-state index >= 15 is 0 Å². The fraction of sp³-hybridized carbons (Fsp3) is 0.538. The molecule has 0 radical (unpaired) electrons. The standard InChI is InChI=1S/C13H18Cl2N2/c1-13(2)9-17(7-6-16-13)8-10-4-3-5-11(14)12(10)15/h3-5,16H,6-9H2,1-2H3. The Morgan fingerprint density at radius 3 is 2.82 bits per heavy atom. The lowest BCUT2D eigenvalue weighted by Crippen LogP contribution is -2.56. The fourth-order valence-corrected chi connectivity index (χ4v) is 2.67. The van der Waals surface area contributed by atoms with Crippen molar-refractivity contribution in [2.75, 3.05) is 19.6 Å². The summed E-state index contributed by atoms with van der Waals surface area (Å²) in [5.41, 5.74) is 1.28. The second-order valence-electron chi connectivity index (χ2n) is 5.23. The van der Waals surface area contributed by atoms with Gasteiger partial charge in [0.05, 0.1) is 10.0 Å². The van der Waals surface area contributed by atoms with Crippen LogP contribution in [0.5, 0.6) is 0 Å². The lowest BCUT2D eigenvalue weighted by Gasteiger charge is -2.39. The molecule has 4 heteroatoms. The molecular weight excluding hydrogens is 255 g/mol. The van der Waals surface area contributed by atoms with Crippen molar-refractivity contribution >= 4 is 23.2 Å². The van der Waals surface area contributed by atoms with Gasteiger partial charge in [0.15, 0.2) is 0 Å². The second-order valence-corrected chi connectivity index (χ2v) is 6.02. The summed E-state index contributed by atoms with van der Waals surface area (Å²) in [5.74, 6) is 0. The van der Waals surface area contributed by atoms with Crippen molar-refractivity contribution in [3.8, 4) is 0 Å². The number of nitrogens with one attached hydrogen (secondary N) is 1. The van der Waals surface area contributed by atoms with Crippen LogP contribution < -0.4 is 5.32 Å². The van der Waals surface area contributed by atoms with Crippen LogP contribution in [0.25, 0.3) is 0 Å². The highest BCUT2D eigenvalue weighted by atomic mass is 35.5. The molecule has 0 bridgehead atoms. The van der Waals surface area contributed by atoms with Gasteiger partial charge in [-0.25, -0.2) is 0 Å². The molecule has 0 amide bonds. The molecule has 1 fully saturated rings. The highest BCUT2D eigenvalue weighted by Gasteiger charge is 2.25. The van der Waals surface area contributed by atoms with Crippen LogP contribution in [0.1, 0.15) is 19.4 Å². The summed E-state index contributed by atoms with van der Waals surface area (Å²) in [6, 6.07) is 5.83. The van der Waals surface area contributed by atoms with Crippen LogP contribution in [0, 0.1) is 0 Å². The normalized spacial score (nSPS) is 20.5. The number of benzene rings is 1. The van der Waals surface area contributed by atoms with Crippen molar-refractivity contribution in [2.24, 2.45) is 0 Å². The Balaban J connectivity index is 2.08. The number of rotatable bonds is 2. The maximum absolute atomic E-state index is 6.21. The molecule has 2 nitrogen and oxygen atoms in total. The van der Waals surface area contributed by atoms with E-state index in [4.69, 9.17) is 23.2 Å². The smallest absolute Gasteiger partial charge is 0.0637 e. The van der Waals surface area contributed by atoms with Gasteiger partial charge in [0.2, 0.25) is 0 Å². The average molecular weight is 273 g/mol.